The third-order valence-corrected chi connectivity index (χ3v) is 6.23. The first-order valence-corrected chi connectivity index (χ1v) is 8.82. The number of benzene rings is 1. The largest absolute Gasteiger partial charge is 0.380 e. The molecule has 0 spiro atoms. The zero-order valence-electron chi connectivity index (χ0n) is 11.8. The highest BCUT2D eigenvalue weighted by molar-refractivity contribution is 9.13. The molecule has 3 nitrogen and oxygen atoms in total. The van der Waals surface area contributed by atoms with Crippen LogP contribution in [0.3, 0.4) is 0 Å². The number of likely N-dealkylation sites (N-methyl/N-ethyl adjacent to an activating group) is 1. The fraction of sp³-hybridized carbons (Fsp3) is 0.267. The van der Waals surface area contributed by atoms with E-state index in [0.29, 0.717) is 6.42 Å². The Bertz CT molecular complexity index is 604. The van der Waals surface area contributed by atoms with E-state index in [2.05, 4.69) is 43.2 Å². The molecule has 1 aromatic carbocycles. The van der Waals surface area contributed by atoms with Crippen LogP contribution < -0.4 is 5.32 Å². The van der Waals surface area contributed by atoms with Crippen molar-refractivity contribution in [3.05, 3.63) is 49.0 Å². The van der Waals surface area contributed by atoms with Crippen molar-refractivity contribution in [2.45, 2.75) is 13.0 Å². The van der Waals surface area contributed by atoms with Crippen LogP contribution in [0.4, 0.5) is 5.69 Å². The van der Waals surface area contributed by atoms with E-state index in [4.69, 9.17) is 0 Å². The summed E-state index contributed by atoms with van der Waals surface area (Å²) < 4.78 is 2.19. The van der Waals surface area contributed by atoms with E-state index in [1.165, 1.54) is 4.88 Å². The Morgan fingerprint density at radius 3 is 2.43 bits per heavy atom. The average molecular weight is 432 g/mol. The Kier molecular flexibility index (Phi) is 5.84. The molecule has 2 aromatic rings. The topological polar surface area (TPSA) is 32.3 Å². The van der Waals surface area contributed by atoms with Crippen LogP contribution in [-0.4, -0.2) is 24.9 Å². The van der Waals surface area contributed by atoms with Gasteiger partial charge in [-0.2, -0.15) is 0 Å². The molecule has 2 rings (SSSR count). The predicted molar refractivity (Wildman–Crippen MR) is 95.9 cm³/mol. The van der Waals surface area contributed by atoms with Gasteiger partial charge in [-0.25, -0.2) is 0 Å². The summed E-state index contributed by atoms with van der Waals surface area (Å²) in [5, 5.41) is 3.38. The first kappa shape index (κ1) is 16.5. The summed E-state index contributed by atoms with van der Waals surface area (Å²) in [6, 6.07) is 10.1. The Balaban J connectivity index is 1.91. The van der Waals surface area contributed by atoms with Gasteiger partial charge >= 0.3 is 0 Å². The predicted octanol–water partition coefficient (Wildman–Crippen LogP) is 4.52. The van der Waals surface area contributed by atoms with E-state index in [1.807, 2.05) is 24.3 Å². The average Bonchev–Trinajstić information content (AvgIpc) is 2.77. The maximum Gasteiger partial charge on any atom is 0.226 e. The van der Waals surface area contributed by atoms with E-state index < -0.39 is 0 Å². The number of nitrogens with one attached hydrogen (secondary N) is 1. The Hall–Kier alpha value is -0.850. The molecule has 112 valence electrons. The van der Waals surface area contributed by atoms with Gasteiger partial charge in [-0.3, -0.25) is 4.79 Å². The molecule has 0 radical (unpaired) electrons. The van der Waals surface area contributed by atoms with Gasteiger partial charge < -0.3 is 10.2 Å². The van der Waals surface area contributed by atoms with Crippen molar-refractivity contribution < 1.29 is 4.79 Å². The van der Waals surface area contributed by atoms with Gasteiger partial charge in [0.25, 0.3) is 0 Å². The summed E-state index contributed by atoms with van der Waals surface area (Å²) in [5.74, 6) is 0.115. The first-order valence-electron chi connectivity index (χ1n) is 6.42. The van der Waals surface area contributed by atoms with Gasteiger partial charge in [0.2, 0.25) is 5.91 Å². The second-order valence-electron chi connectivity index (χ2n) is 4.85. The molecule has 0 aliphatic carbocycles. The Labute approximate surface area is 145 Å². The second-order valence-corrected chi connectivity index (χ2v) is 8.16. The van der Waals surface area contributed by atoms with Gasteiger partial charge in [0.1, 0.15) is 0 Å². The van der Waals surface area contributed by atoms with Gasteiger partial charge in [-0.15, -0.1) is 11.3 Å². The van der Waals surface area contributed by atoms with Crippen molar-refractivity contribution in [1.29, 1.82) is 0 Å². The summed E-state index contributed by atoms with van der Waals surface area (Å²) in [6.07, 6.45) is 0.443. The highest BCUT2D eigenvalue weighted by atomic mass is 79.9. The minimum Gasteiger partial charge on any atom is -0.380 e. The summed E-state index contributed by atoms with van der Waals surface area (Å²) in [4.78, 5) is 14.5. The number of hydrogen-bond donors (Lipinski definition) is 1. The van der Waals surface area contributed by atoms with Crippen LogP contribution >= 0.6 is 43.2 Å². The lowest BCUT2D eigenvalue weighted by molar-refractivity contribution is -0.127. The Morgan fingerprint density at radius 1 is 1.24 bits per heavy atom. The summed E-state index contributed by atoms with van der Waals surface area (Å²) in [7, 11) is 3.55. The molecular formula is C15H16Br2N2OS. The smallest absolute Gasteiger partial charge is 0.226 e. The minimum atomic E-state index is 0.115. The number of halogens is 2. The van der Waals surface area contributed by atoms with Gasteiger partial charge in [-0.1, -0.05) is 12.1 Å². The SMILES string of the molecule is CN(C)C(=O)Cc1ccc(NCc2cc(Br)c(Br)s2)cc1. The molecule has 0 aliphatic heterocycles. The van der Waals surface area contributed by atoms with Gasteiger partial charge in [-0.05, 0) is 55.6 Å². The molecule has 0 atom stereocenters. The van der Waals surface area contributed by atoms with Gasteiger partial charge in [0.05, 0.1) is 10.2 Å². The zero-order valence-corrected chi connectivity index (χ0v) is 15.8. The maximum atomic E-state index is 11.6. The summed E-state index contributed by atoms with van der Waals surface area (Å²) in [6.45, 7) is 0.783. The molecule has 0 saturated heterocycles. The molecule has 0 unspecified atom stereocenters. The number of thiophene rings is 1. The highest BCUT2D eigenvalue weighted by Crippen LogP contribution is 2.32. The van der Waals surface area contributed by atoms with Crippen molar-refractivity contribution in [3.63, 3.8) is 0 Å². The molecule has 0 saturated carbocycles. The molecule has 6 heteroatoms. The number of amides is 1. The fourth-order valence-electron chi connectivity index (χ4n) is 1.74. The molecule has 21 heavy (non-hydrogen) atoms. The molecular weight excluding hydrogens is 416 g/mol. The minimum absolute atomic E-state index is 0.115. The Morgan fingerprint density at radius 2 is 1.90 bits per heavy atom. The van der Waals surface area contributed by atoms with E-state index in [1.54, 1.807) is 30.3 Å². The zero-order chi connectivity index (χ0) is 15.4. The quantitative estimate of drug-likeness (QED) is 0.754. The van der Waals surface area contributed by atoms with Gasteiger partial charge in [0.15, 0.2) is 0 Å². The van der Waals surface area contributed by atoms with Crippen LogP contribution in [0, 0.1) is 0 Å². The van der Waals surface area contributed by atoms with Crippen molar-refractivity contribution >= 4 is 54.8 Å². The van der Waals surface area contributed by atoms with E-state index in [9.17, 15) is 4.79 Å². The normalized spacial score (nSPS) is 10.5. The maximum absolute atomic E-state index is 11.6. The van der Waals surface area contributed by atoms with E-state index in [-0.39, 0.29) is 5.91 Å². The van der Waals surface area contributed by atoms with Crippen molar-refractivity contribution in [3.8, 4) is 0 Å². The first-order chi connectivity index (χ1) is 9.95. The number of rotatable bonds is 5. The van der Waals surface area contributed by atoms with Crippen molar-refractivity contribution in [2.24, 2.45) is 0 Å². The molecule has 0 aliphatic rings. The van der Waals surface area contributed by atoms with Crippen molar-refractivity contribution in [1.82, 2.24) is 4.90 Å². The molecule has 0 fully saturated rings. The number of hydrogen-bond acceptors (Lipinski definition) is 3. The van der Waals surface area contributed by atoms with Gasteiger partial charge in [0, 0.05) is 35.7 Å². The molecule has 1 heterocycles. The fourth-order valence-corrected chi connectivity index (χ4v) is 3.86. The molecule has 1 N–H and O–H groups in total. The van der Waals surface area contributed by atoms with Crippen LogP contribution in [0.5, 0.6) is 0 Å². The molecule has 0 bridgehead atoms. The summed E-state index contributed by atoms with van der Waals surface area (Å²) in [5.41, 5.74) is 2.08. The second kappa shape index (κ2) is 7.42. The van der Waals surface area contributed by atoms with E-state index in [0.717, 1.165) is 26.1 Å². The third kappa shape index (κ3) is 4.83. The molecule has 1 amide bonds. The lowest BCUT2D eigenvalue weighted by Gasteiger charge is -2.10. The number of anilines is 1. The van der Waals surface area contributed by atoms with Crippen LogP contribution in [-0.2, 0) is 17.8 Å². The highest BCUT2D eigenvalue weighted by Gasteiger charge is 2.06. The van der Waals surface area contributed by atoms with Crippen LogP contribution in [0.25, 0.3) is 0 Å². The standard InChI is InChI=1S/C15H16Br2N2OS/c1-19(2)14(20)7-10-3-5-11(6-4-10)18-9-12-8-13(16)15(17)21-12/h3-6,8,18H,7,9H2,1-2H3. The summed E-state index contributed by atoms with van der Waals surface area (Å²) >= 11 is 8.69. The third-order valence-electron chi connectivity index (χ3n) is 2.97. The molecule has 1 aromatic heterocycles. The van der Waals surface area contributed by atoms with Crippen LogP contribution in [0.1, 0.15) is 10.4 Å². The number of nitrogens with zero attached hydrogens (tertiary/aromatic N) is 1. The number of carbonyl (C=O) groups excluding carboxylic acids is 1. The van der Waals surface area contributed by atoms with Crippen molar-refractivity contribution in [2.75, 3.05) is 19.4 Å². The van der Waals surface area contributed by atoms with E-state index >= 15 is 0 Å². The van der Waals surface area contributed by atoms with Crippen LogP contribution in [0.2, 0.25) is 0 Å². The van der Waals surface area contributed by atoms with Crippen LogP contribution in [0.15, 0.2) is 38.6 Å². The lowest BCUT2D eigenvalue weighted by Crippen LogP contribution is -2.23. The monoisotopic (exact) mass is 430 g/mol. The number of carbonyl (C=O) groups is 1. The lowest BCUT2D eigenvalue weighted by atomic mass is 10.1.